The number of H-pyrrole nitrogens is 1. The molecule has 3 rings (SSSR count). The first-order valence-electron chi connectivity index (χ1n) is 6.95. The third-order valence-electron chi connectivity index (χ3n) is 4.01. The number of alkyl halides is 3. The number of nitrogens with one attached hydrogen (secondary N) is 1. The summed E-state index contributed by atoms with van der Waals surface area (Å²) in [5.41, 5.74) is 1.82. The van der Waals surface area contributed by atoms with Gasteiger partial charge in [-0.3, -0.25) is 4.90 Å². The van der Waals surface area contributed by atoms with Gasteiger partial charge in [0.05, 0.1) is 11.0 Å². The maximum Gasteiger partial charge on any atom is 0.403 e. The molecule has 1 aromatic carbocycles. The Hall–Kier alpha value is -1.76. The quantitative estimate of drug-likeness (QED) is 0.925. The molecule has 4 nitrogen and oxygen atoms in total. The minimum Gasteiger partial charge on any atom is -0.340 e. The average molecular weight is 298 g/mol. The summed E-state index contributed by atoms with van der Waals surface area (Å²) < 4.78 is 38.2. The number of anilines is 1. The molecule has 0 aliphatic carbocycles. The van der Waals surface area contributed by atoms with Gasteiger partial charge < -0.3 is 9.88 Å². The van der Waals surface area contributed by atoms with Gasteiger partial charge in [0.15, 0.2) is 0 Å². The number of hydrogen-bond acceptors (Lipinski definition) is 3. The molecule has 7 heteroatoms. The van der Waals surface area contributed by atoms with Gasteiger partial charge in [-0.25, -0.2) is 4.98 Å². The van der Waals surface area contributed by atoms with E-state index in [1.165, 1.54) is 11.8 Å². The minimum atomic E-state index is -4.17. The maximum absolute atomic E-state index is 12.7. The Morgan fingerprint density at radius 2 is 1.81 bits per heavy atom. The van der Waals surface area contributed by atoms with E-state index in [0.717, 1.165) is 17.0 Å². The Balaban J connectivity index is 1.68. The predicted molar refractivity (Wildman–Crippen MR) is 75.4 cm³/mol. The number of piperazine rings is 1. The fourth-order valence-corrected chi connectivity index (χ4v) is 2.62. The van der Waals surface area contributed by atoms with Gasteiger partial charge in [-0.2, -0.15) is 13.2 Å². The van der Waals surface area contributed by atoms with Crippen LogP contribution >= 0.6 is 0 Å². The number of para-hydroxylation sites is 2. The first-order valence-corrected chi connectivity index (χ1v) is 6.95. The molecule has 1 aromatic heterocycles. The van der Waals surface area contributed by atoms with Crippen molar-refractivity contribution in [3.63, 3.8) is 0 Å². The summed E-state index contributed by atoms with van der Waals surface area (Å²) in [4.78, 5) is 11.2. The fourth-order valence-electron chi connectivity index (χ4n) is 2.62. The fraction of sp³-hybridized carbons (Fsp3) is 0.500. The highest BCUT2D eigenvalue weighted by atomic mass is 19.4. The van der Waals surface area contributed by atoms with Crippen molar-refractivity contribution >= 4 is 17.0 Å². The Morgan fingerprint density at radius 1 is 1.14 bits per heavy atom. The van der Waals surface area contributed by atoms with Gasteiger partial charge in [0.2, 0.25) is 5.95 Å². The van der Waals surface area contributed by atoms with E-state index in [1.54, 1.807) is 0 Å². The molecule has 0 amide bonds. The molecule has 1 aliphatic rings. The largest absolute Gasteiger partial charge is 0.403 e. The van der Waals surface area contributed by atoms with E-state index in [4.69, 9.17) is 0 Å². The third-order valence-corrected chi connectivity index (χ3v) is 4.01. The van der Waals surface area contributed by atoms with Gasteiger partial charge >= 0.3 is 6.18 Å². The lowest BCUT2D eigenvalue weighted by molar-refractivity contribution is -0.179. The maximum atomic E-state index is 12.7. The lowest BCUT2D eigenvalue weighted by atomic mass is 10.2. The van der Waals surface area contributed by atoms with Gasteiger partial charge in [0.25, 0.3) is 0 Å². The zero-order chi connectivity index (χ0) is 15.0. The summed E-state index contributed by atoms with van der Waals surface area (Å²) in [7, 11) is 0. The molecule has 114 valence electrons. The Labute approximate surface area is 120 Å². The smallest absolute Gasteiger partial charge is 0.340 e. The molecule has 2 heterocycles. The molecule has 1 unspecified atom stereocenters. The van der Waals surface area contributed by atoms with Crippen LogP contribution in [0.3, 0.4) is 0 Å². The lowest BCUT2D eigenvalue weighted by Gasteiger charge is -2.38. The highest BCUT2D eigenvalue weighted by molar-refractivity contribution is 5.77. The molecular weight excluding hydrogens is 281 g/mol. The van der Waals surface area contributed by atoms with Gasteiger partial charge in [-0.05, 0) is 19.1 Å². The summed E-state index contributed by atoms with van der Waals surface area (Å²) in [6.45, 7) is 3.08. The van der Waals surface area contributed by atoms with Crippen molar-refractivity contribution in [2.75, 3.05) is 31.1 Å². The Kier molecular flexibility index (Phi) is 3.52. The van der Waals surface area contributed by atoms with E-state index < -0.39 is 12.2 Å². The van der Waals surface area contributed by atoms with Crippen LogP contribution in [0.15, 0.2) is 24.3 Å². The van der Waals surface area contributed by atoms with Crippen LogP contribution in [-0.2, 0) is 0 Å². The van der Waals surface area contributed by atoms with Crippen LogP contribution in [0.25, 0.3) is 11.0 Å². The number of aromatic amines is 1. The summed E-state index contributed by atoms with van der Waals surface area (Å²) in [6.07, 6.45) is -4.17. The number of halogens is 3. The zero-order valence-corrected chi connectivity index (χ0v) is 11.7. The Bertz CT molecular complexity index is 581. The summed E-state index contributed by atoms with van der Waals surface area (Å²) in [5, 5.41) is 0. The molecule has 0 spiro atoms. The van der Waals surface area contributed by atoms with E-state index >= 15 is 0 Å². The van der Waals surface area contributed by atoms with Crippen molar-refractivity contribution in [1.29, 1.82) is 0 Å². The van der Waals surface area contributed by atoms with E-state index in [9.17, 15) is 13.2 Å². The number of imidazole rings is 1. The minimum absolute atomic E-state index is 0.387. The molecule has 1 aliphatic heterocycles. The molecule has 1 atom stereocenters. The number of hydrogen-bond donors (Lipinski definition) is 1. The highest BCUT2D eigenvalue weighted by Crippen LogP contribution is 2.26. The monoisotopic (exact) mass is 298 g/mol. The van der Waals surface area contributed by atoms with E-state index in [1.807, 2.05) is 29.2 Å². The zero-order valence-electron chi connectivity index (χ0n) is 11.7. The van der Waals surface area contributed by atoms with E-state index in [-0.39, 0.29) is 0 Å². The van der Waals surface area contributed by atoms with Crippen LogP contribution in [0.1, 0.15) is 6.92 Å². The molecular formula is C14H17F3N4. The van der Waals surface area contributed by atoms with Crippen molar-refractivity contribution in [3.05, 3.63) is 24.3 Å². The van der Waals surface area contributed by atoms with E-state index in [2.05, 4.69) is 9.97 Å². The first-order chi connectivity index (χ1) is 9.95. The van der Waals surface area contributed by atoms with Crippen LogP contribution in [0.4, 0.5) is 19.1 Å². The third kappa shape index (κ3) is 2.83. The van der Waals surface area contributed by atoms with Crippen molar-refractivity contribution in [1.82, 2.24) is 14.9 Å². The molecule has 1 N–H and O–H groups in total. The molecule has 21 heavy (non-hydrogen) atoms. The number of rotatable bonds is 2. The van der Waals surface area contributed by atoms with Gasteiger partial charge in [0, 0.05) is 26.2 Å². The van der Waals surface area contributed by atoms with Gasteiger partial charge in [-0.15, -0.1) is 0 Å². The highest BCUT2D eigenvalue weighted by Gasteiger charge is 2.40. The van der Waals surface area contributed by atoms with Crippen LogP contribution in [0.5, 0.6) is 0 Å². The molecule has 1 fully saturated rings. The molecule has 2 aromatic rings. The predicted octanol–water partition coefficient (Wildman–Crippen LogP) is 2.64. The normalized spacial score (nSPS) is 19.1. The second kappa shape index (κ2) is 5.22. The molecule has 0 bridgehead atoms. The molecule has 0 radical (unpaired) electrons. The van der Waals surface area contributed by atoms with Crippen LogP contribution in [0.2, 0.25) is 0 Å². The summed E-state index contributed by atoms with van der Waals surface area (Å²) in [5.74, 6) is 0.732. The number of aromatic nitrogens is 2. The van der Waals surface area contributed by atoms with Gasteiger partial charge in [0.1, 0.15) is 6.04 Å². The van der Waals surface area contributed by atoms with Crippen LogP contribution in [0, 0.1) is 0 Å². The number of fused-ring (bicyclic) bond motifs is 1. The van der Waals surface area contributed by atoms with Crippen molar-refractivity contribution < 1.29 is 13.2 Å². The molecule has 1 saturated heterocycles. The average Bonchev–Trinajstić information content (AvgIpc) is 2.89. The number of benzene rings is 1. The standard InChI is InChI=1S/C14H17F3N4/c1-10(14(15,16)17)20-6-8-21(9-7-20)13-18-11-4-2-3-5-12(11)19-13/h2-5,10H,6-9H2,1H3,(H,18,19). The first kappa shape index (κ1) is 14.2. The van der Waals surface area contributed by atoms with E-state index in [0.29, 0.717) is 26.2 Å². The van der Waals surface area contributed by atoms with Crippen molar-refractivity contribution in [3.8, 4) is 0 Å². The topological polar surface area (TPSA) is 35.2 Å². The van der Waals surface area contributed by atoms with Gasteiger partial charge in [-0.1, -0.05) is 12.1 Å². The van der Waals surface area contributed by atoms with Crippen LogP contribution < -0.4 is 4.90 Å². The summed E-state index contributed by atoms with van der Waals surface area (Å²) >= 11 is 0. The van der Waals surface area contributed by atoms with Crippen molar-refractivity contribution in [2.45, 2.75) is 19.1 Å². The molecule has 0 saturated carbocycles. The second-order valence-electron chi connectivity index (χ2n) is 5.32. The number of nitrogens with zero attached hydrogens (tertiary/aromatic N) is 3. The Morgan fingerprint density at radius 3 is 2.43 bits per heavy atom. The lowest BCUT2D eigenvalue weighted by Crippen LogP contribution is -2.53. The van der Waals surface area contributed by atoms with Crippen LogP contribution in [-0.4, -0.2) is 53.3 Å². The summed E-state index contributed by atoms with van der Waals surface area (Å²) in [6, 6.07) is 6.30. The van der Waals surface area contributed by atoms with Crippen molar-refractivity contribution in [2.24, 2.45) is 0 Å². The second-order valence-corrected chi connectivity index (χ2v) is 5.32. The SMILES string of the molecule is CC(N1CCN(c2nc3ccccc3[nH]2)CC1)C(F)(F)F.